The van der Waals surface area contributed by atoms with Gasteiger partial charge in [0.25, 0.3) is 0 Å². The molecule has 0 aliphatic carbocycles. The number of carbonyl (C=O) groups is 2. The molecule has 4 aromatic carbocycles. The Labute approximate surface area is 270 Å². The van der Waals surface area contributed by atoms with Crippen LogP contribution in [-0.2, 0) is 20.9 Å². The second-order valence-electron chi connectivity index (χ2n) is 11.5. The van der Waals surface area contributed by atoms with Crippen LogP contribution in [0.25, 0.3) is 0 Å². The molecule has 0 saturated heterocycles. The summed E-state index contributed by atoms with van der Waals surface area (Å²) in [5, 5.41) is 13.6. The number of alkyl halides is 3. The van der Waals surface area contributed by atoms with Gasteiger partial charge in [0.15, 0.2) is 0 Å². The molecular weight excluding hydrogens is 615 g/mol. The zero-order valence-corrected chi connectivity index (χ0v) is 25.8. The molecule has 3 atom stereocenters. The molecule has 3 unspecified atom stereocenters. The van der Waals surface area contributed by atoms with E-state index in [4.69, 9.17) is 16.3 Å². The van der Waals surface area contributed by atoms with E-state index in [1.165, 1.54) is 25.1 Å². The third-order valence-electron chi connectivity index (χ3n) is 8.67. The third kappa shape index (κ3) is 6.82. The van der Waals surface area contributed by atoms with E-state index in [1.807, 2.05) is 60.7 Å². The predicted octanol–water partition coefficient (Wildman–Crippen LogP) is 8.66. The van der Waals surface area contributed by atoms with Gasteiger partial charge in [0.05, 0.1) is 5.57 Å². The molecular formula is C37H33ClF3NO4. The van der Waals surface area contributed by atoms with Gasteiger partial charge in [-0.2, -0.15) is 13.2 Å². The average Bonchev–Trinajstić information content (AvgIpc) is 3.04. The molecule has 1 aliphatic heterocycles. The van der Waals surface area contributed by atoms with Crippen molar-refractivity contribution in [3.8, 4) is 0 Å². The number of nitrogens with one attached hydrogen (secondary N) is 1. The number of halogens is 4. The number of benzene rings is 4. The first kappa shape index (κ1) is 32.8. The normalized spacial score (nSPS) is 19.9. The number of rotatable bonds is 10. The second-order valence-corrected chi connectivity index (χ2v) is 11.9. The summed E-state index contributed by atoms with van der Waals surface area (Å²) < 4.78 is 51.0. The van der Waals surface area contributed by atoms with E-state index >= 15 is 13.2 Å². The summed E-state index contributed by atoms with van der Waals surface area (Å²) in [6, 6.07) is 30.8. The molecule has 1 aliphatic rings. The summed E-state index contributed by atoms with van der Waals surface area (Å²) in [6.07, 6.45) is -5.39. The van der Waals surface area contributed by atoms with Gasteiger partial charge in [-0.15, -0.1) is 0 Å². The summed E-state index contributed by atoms with van der Waals surface area (Å²) >= 11 is 6.34. The lowest BCUT2D eigenvalue weighted by molar-refractivity contribution is -0.201. The number of esters is 1. The summed E-state index contributed by atoms with van der Waals surface area (Å²) in [6.45, 7) is 1.20. The van der Waals surface area contributed by atoms with Crippen molar-refractivity contribution >= 4 is 23.5 Å². The van der Waals surface area contributed by atoms with Crippen LogP contribution in [0.3, 0.4) is 0 Å². The largest absolute Gasteiger partial charge is 0.481 e. The molecule has 9 heteroatoms. The molecule has 46 heavy (non-hydrogen) atoms. The van der Waals surface area contributed by atoms with Gasteiger partial charge in [0.2, 0.25) is 0 Å². The first-order valence-electron chi connectivity index (χ1n) is 14.9. The summed E-state index contributed by atoms with van der Waals surface area (Å²) in [7, 11) is 0. The van der Waals surface area contributed by atoms with Crippen molar-refractivity contribution in [2.75, 3.05) is 0 Å². The molecule has 0 spiro atoms. The Morgan fingerprint density at radius 3 is 1.98 bits per heavy atom. The van der Waals surface area contributed by atoms with E-state index in [0.717, 1.165) is 11.1 Å². The minimum atomic E-state index is -5.00. The molecule has 0 amide bonds. The van der Waals surface area contributed by atoms with Crippen LogP contribution in [0.15, 0.2) is 127 Å². The molecule has 5 nitrogen and oxygen atoms in total. The van der Waals surface area contributed by atoms with E-state index < -0.39 is 47.8 Å². The van der Waals surface area contributed by atoms with Crippen molar-refractivity contribution in [1.82, 2.24) is 5.32 Å². The van der Waals surface area contributed by atoms with Crippen molar-refractivity contribution in [3.63, 3.8) is 0 Å². The molecule has 0 saturated carbocycles. The van der Waals surface area contributed by atoms with Gasteiger partial charge in [-0.3, -0.25) is 4.79 Å². The number of carbonyl (C=O) groups excluding carboxylic acids is 1. The Bertz CT molecular complexity index is 1660. The lowest BCUT2D eigenvalue weighted by atomic mass is 9.58. The smallest absolute Gasteiger partial charge is 0.409 e. The van der Waals surface area contributed by atoms with Crippen LogP contribution in [0.1, 0.15) is 53.9 Å². The number of carboxylic acids is 1. The van der Waals surface area contributed by atoms with Crippen molar-refractivity contribution < 1.29 is 32.6 Å². The maximum absolute atomic E-state index is 15.1. The van der Waals surface area contributed by atoms with Crippen molar-refractivity contribution in [1.29, 1.82) is 0 Å². The number of ether oxygens (including phenoxy) is 1. The molecule has 5 rings (SSSR count). The van der Waals surface area contributed by atoms with Gasteiger partial charge in [0.1, 0.15) is 18.1 Å². The van der Waals surface area contributed by atoms with Crippen molar-refractivity contribution in [3.05, 3.63) is 154 Å². The van der Waals surface area contributed by atoms with E-state index in [9.17, 15) is 14.7 Å². The number of hydrogen-bond donors (Lipinski definition) is 2. The first-order valence-corrected chi connectivity index (χ1v) is 15.2. The van der Waals surface area contributed by atoms with Gasteiger partial charge in [0, 0.05) is 22.6 Å². The van der Waals surface area contributed by atoms with Gasteiger partial charge in [-0.1, -0.05) is 115 Å². The minimum Gasteiger partial charge on any atom is -0.481 e. The Balaban J connectivity index is 1.67. The third-order valence-corrected chi connectivity index (χ3v) is 8.91. The van der Waals surface area contributed by atoms with Crippen molar-refractivity contribution in [2.45, 2.75) is 50.4 Å². The standard InChI is InChI=1S/C37H33ClF3NO4/c1-24-31(33(43)46-23-25-12-5-2-6-13-25)32(28-18-11-19-29(38)22-28)36(35(44)45,34(42-24)37(39,40)41)21-20-30(26-14-7-3-8-15-26)27-16-9-4-10-17-27/h2-19,22,30,32,34,42H,20-21,23H2,1H3,(H,44,45). The topological polar surface area (TPSA) is 75.6 Å². The molecule has 0 radical (unpaired) electrons. The summed E-state index contributed by atoms with van der Waals surface area (Å²) in [5.41, 5.74) is -0.353. The second kappa shape index (κ2) is 13.8. The van der Waals surface area contributed by atoms with Gasteiger partial charge in [-0.05, 0) is 54.2 Å². The zero-order chi connectivity index (χ0) is 32.9. The lowest BCUT2D eigenvalue weighted by Crippen LogP contribution is -2.63. The number of carboxylic acid groups (broad SMARTS) is 1. The Morgan fingerprint density at radius 2 is 1.46 bits per heavy atom. The molecule has 2 N–H and O–H groups in total. The Hall–Kier alpha value is -4.56. The van der Waals surface area contributed by atoms with E-state index in [1.54, 1.807) is 36.4 Å². The van der Waals surface area contributed by atoms with Crippen LogP contribution >= 0.6 is 11.6 Å². The summed E-state index contributed by atoms with van der Waals surface area (Å²) in [4.78, 5) is 27.5. The Morgan fingerprint density at radius 1 is 0.891 bits per heavy atom. The molecule has 4 aromatic rings. The van der Waals surface area contributed by atoms with Gasteiger partial charge in [-0.25, -0.2) is 4.79 Å². The number of allylic oxidation sites excluding steroid dienone is 1. The fraction of sp³-hybridized carbons (Fsp3) is 0.243. The van der Waals surface area contributed by atoms with E-state index in [2.05, 4.69) is 5.32 Å². The quantitative estimate of drug-likeness (QED) is 0.169. The van der Waals surface area contributed by atoms with E-state index in [0.29, 0.717) is 5.56 Å². The van der Waals surface area contributed by atoms with Crippen LogP contribution in [0, 0.1) is 5.41 Å². The molecule has 238 valence electrons. The molecule has 1 heterocycles. The zero-order valence-electron chi connectivity index (χ0n) is 25.0. The van der Waals surface area contributed by atoms with Crippen LogP contribution in [0.5, 0.6) is 0 Å². The predicted molar refractivity (Wildman–Crippen MR) is 170 cm³/mol. The van der Waals surface area contributed by atoms with Crippen LogP contribution in [-0.4, -0.2) is 29.3 Å². The Kier molecular flexibility index (Phi) is 9.87. The maximum Gasteiger partial charge on any atom is 0.409 e. The SMILES string of the molecule is CC1=C(C(=O)OCc2ccccc2)C(c2cccc(Cl)c2)C(CCC(c2ccccc2)c2ccccc2)(C(=O)O)C(C(F)(F)F)N1. The fourth-order valence-corrected chi connectivity index (χ4v) is 6.78. The van der Waals surface area contributed by atoms with Gasteiger partial charge >= 0.3 is 18.1 Å². The monoisotopic (exact) mass is 647 g/mol. The average molecular weight is 648 g/mol. The van der Waals surface area contributed by atoms with Crippen LogP contribution in [0.2, 0.25) is 5.02 Å². The van der Waals surface area contributed by atoms with E-state index in [-0.39, 0.29) is 34.9 Å². The number of hydrogen-bond acceptors (Lipinski definition) is 4. The molecule has 0 bridgehead atoms. The summed E-state index contributed by atoms with van der Waals surface area (Å²) in [5.74, 6) is -4.57. The highest BCUT2D eigenvalue weighted by Gasteiger charge is 2.65. The molecule has 0 fully saturated rings. The number of aliphatic carboxylic acids is 1. The fourth-order valence-electron chi connectivity index (χ4n) is 6.58. The van der Waals surface area contributed by atoms with Crippen LogP contribution < -0.4 is 5.32 Å². The van der Waals surface area contributed by atoms with Crippen LogP contribution in [0.4, 0.5) is 13.2 Å². The highest BCUT2D eigenvalue weighted by Crippen LogP contribution is 2.56. The highest BCUT2D eigenvalue weighted by atomic mass is 35.5. The lowest BCUT2D eigenvalue weighted by Gasteiger charge is -2.49. The molecule has 0 aromatic heterocycles. The maximum atomic E-state index is 15.1. The van der Waals surface area contributed by atoms with Crippen molar-refractivity contribution in [2.24, 2.45) is 5.41 Å². The first-order chi connectivity index (χ1) is 22.0. The minimum absolute atomic E-state index is 0.0387. The highest BCUT2D eigenvalue weighted by molar-refractivity contribution is 6.30. The van der Waals surface area contributed by atoms with Gasteiger partial charge < -0.3 is 15.2 Å².